The summed E-state index contributed by atoms with van der Waals surface area (Å²) < 4.78 is 0. The van der Waals surface area contributed by atoms with E-state index in [9.17, 15) is 9.59 Å². The summed E-state index contributed by atoms with van der Waals surface area (Å²) in [6.45, 7) is 7.52. The van der Waals surface area contributed by atoms with Gasteiger partial charge in [0.05, 0.1) is 0 Å². The molecule has 1 aliphatic rings. The standard InChI is InChI=1S/C16H20N6O2S/c1-10-8-11(2)18-15(17-10)20-16-19-13(9-25-16)14(24)22-6-4-21(5-7-22)12(3)23/h8-9H,4-7H2,1-3H3,(H,17,18,19,20). The van der Waals surface area contributed by atoms with Crippen LogP contribution in [0.3, 0.4) is 0 Å². The topological polar surface area (TPSA) is 91.3 Å². The van der Waals surface area contributed by atoms with E-state index in [1.165, 1.54) is 11.3 Å². The molecule has 1 N–H and O–H groups in total. The predicted octanol–water partition coefficient (Wildman–Crippen LogP) is 1.60. The van der Waals surface area contributed by atoms with Crippen molar-refractivity contribution in [2.24, 2.45) is 0 Å². The summed E-state index contributed by atoms with van der Waals surface area (Å²) in [4.78, 5) is 40.4. The van der Waals surface area contributed by atoms with Gasteiger partial charge in [-0.3, -0.25) is 9.59 Å². The van der Waals surface area contributed by atoms with Gasteiger partial charge < -0.3 is 15.1 Å². The highest BCUT2D eigenvalue weighted by molar-refractivity contribution is 7.14. The van der Waals surface area contributed by atoms with Crippen molar-refractivity contribution >= 4 is 34.2 Å². The molecule has 8 nitrogen and oxygen atoms in total. The van der Waals surface area contributed by atoms with Crippen molar-refractivity contribution in [1.29, 1.82) is 0 Å². The molecule has 0 unspecified atom stereocenters. The largest absolute Gasteiger partial charge is 0.339 e. The summed E-state index contributed by atoms with van der Waals surface area (Å²) in [5.74, 6) is 0.399. The maximum Gasteiger partial charge on any atom is 0.273 e. The fraction of sp³-hybridized carbons (Fsp3) is 0.438. The van der Waals surface area contributed by atoms with E-state index in [1.807, 2.05) is 19.9 Å². The molecule has 0 spiro atoms. The molecule has 2 aromatic rings. The van der Waals surface area contributed by atoms with Gasteiger partial charge in [0.15, 0.2) is 5.13 Å². The average Bonchev–Trinajstić information content (AvgIpc) is 3.01. The van der Waals surface area contributed by atoms with E-state index in [4.69, 9.17) is 0 Å². The Bertz CT molecular complexity index is 777. The Balaban J connectivity index is 1.65. The van der Waals surface area contributed by atoms with Crippen molar-refractivity contribution in [1.82, 2.24) is 24.8 Å². The maximum atomic E-state index is 12.6. The molecule has 1 aliphatic heterocycles. The van der Waals surface area contributed by atoms with E-state index in [0.29, 0.717) is 43.0 Å². The van der Waals surface area contributed by atoms with Gasteiger partial charge in [-0.2, -0.15) is 0 Å². The Morgan fingerprint density at radius 2 is 1.64 bits per heavy atom. The van der Waals surface area contributed by atoms with E-state index in [2.05, 4.69) is 20.3 Å². The number of thiazole rings is 1. The zero-order chi connectivity index (χ0) is 18.0. The van der Waals surface area contributed by atoms with Gasteiger partial charge in [0.2, 0.25) is 11.9 Å². The monoisotopic (exact) mass is 360 g/mol. The van der Waals surface area contributed by atoms with E-state index in [0.717, 1.165) is 11.4 Å². The van der Waals surface area contributed by atoms with Gasteiger partial charge in [-0.1, -0.05) is 0 Å². The van der Waals surface area contributed by atoms with E-state index >= 15 is 0 Å². The van der Waals surface area contributed by atoms with Gasteiger partial charge >= 0.3 is 0 Å². The molecule has 2 amide bonds. The van der Waals surface area contributed by atoms with Crippen LogP contribution in [0.4, 0.5) is 11.1 Å². The molecule has 0 radical (unpaired) electrons. The number of anilines is 2. The van der Waals surface area contributed by atoms with Crippen LogP contribution in [0.2, 0.25) is 0 Å². The first-order chi connectivity index (χ1) is 11.9. The van der Waals surface area contributed by atoms with Gasteiger partial charge in [-0.15, -0.1) is 11.3 Å². The third-order valence-corrected chi connectivity index (χ3v) is 4.69. The van der Waals surface area contributed by atoms with Crippen LogP contribution in [0.15, 0.2) is 11.4 Å². The van der Waals surface area contributed by atoms with E-state index < -0.39 is 0 Å². The quantitative estimate of drug-likeness (QED) is 0.894. The zero-order valence-corrected chi connectivity index (χ0v) is 15.3. The molecule has 0 aromatic carbocycles. The number of carbonyl (C=O) groups is 2. The minimum Gasteiger partial charge on any atom is -0.339 e. The van der Waals surface area contributed by atoms with Crippen LogP contribution in [0.5, 0.6) is 0 Å². The van der Waals surface area contributed by atoms with Crippen LogP contribution >= 0.6 is 11.3 Å². The van der Waals surface area contributed by atoms with Gasteiger partial charge in [-0.05, 0) is 19.9 Å². The fourth-order valence-corrected chi connectivity index (χ4v) is 3.37. The number of amides is 2. The second-order valence-electron chi connectivity index (χ2n) is 5.94. The molecule has 0 atom stereocenters. The lowest BCUT2D eigenvalue weighted by Gasteiger charge is -2.33. The Morgan fingerprint density at radius 1 is 1.04 bits per heavy atom. The number of piperazine rings is 1. The molecular formula is C16H20N6O2S. The zero-order valence-electron chi connectivity index (χ0n) is 14.4. The first kappa shape index (κ1) is 17.3. The number of nitrogens with one attached hydrogen (secondary N) is 1. The highest BCUT2D eigenvalue weighted by atomic mass is 32.1. The average molecular weight is 360 g/mol. The molecular weight excluding hydrogens is 340 g/mol. The van der Waals surface area contributed by atoms with E-state index in [-0.39, 0.29) is 11.8 Å². The van der Waals surface area contributed by atoms with E-state index in [1.54, 1.807) is 22.1 Å². The van der Waals surface area contributed by atoms with Crippen LogP contribution < -0.4 is 5.32 Å². The summed E-state index contributed by atoms with van der Waals surface area (Å²) in [5.41, 5.74) is 2.13. The predicted molar refractivity (Wildman–Crippen MR) is 95.1 cm³/mol. The first-order valence-electron chi connectivity index (χ1n) is 8.02. The smallest absolute Gasteiger partial charge is 0.273 e. The fourth-order valence-electron chi connectivity index (χ4n) is 2.69. The normalized spacial score (nSPS) is 14.5. The van der Waals surface area contributed by atoms with Crippen molar-refractivity contribution in [3.05, 3.63) is 28.5 Å². The van der Waals surface area contributed by atoms with Crippen LogP contribution in [0.1, 0.15) is 28.8 Å². The van der Waals surface area contributed by atoms with Crippen LogP contribution in [0.25, 0.3) is 0 Å². The molecule has 1 saturated heterocycles. The number of aromatic nitrogens is 3. The molecule has 0 aliphatic carbocycles. The lowest BCUT2D eigenvalue weighted by atomic mass is 10.3. The molecule has 3 rings (SSSR count). The van der Waals surface area contributed by atoms with Gasteiger partial charge in [0, 0.05) is 49.9 Å². The molecule has 132 valence electrons. The highest BCUT2D eigenvalue weighted by Gasteiger charge is 2.24. The molecule has 3 heterocycles. The summed E-state index contributed by atoms with van der Waals surface area (Å²) >= 11 is 1.34. The number of carbonyl (C=O) groups excluding carboxylic acids is 2. The number of rotatable bonds is 3. The highest BCUT2D eigenvalue weighted by Crippen LogP contribution is 2.20. The molecule has 2 aromatic heterocycles. The Morgan fingerprint density at radius 3 is 2.24 bits per heavy atom. The van der Waals surface area contributed by atoms with Crippen LogP contribution in [-0.4, -0.2) is 62.7 Å². The SMILES string of the molecule is CC(=O)N1CCN(C(=O)c2csc(Nc3nc(C)cc(C)n3)n2)CC1. The van der Waals surface area contributed by atoms with Crippen molar-refractivity contribution in [3.8, 4) is 0 Å². The number of aryl methyl sites for hydroxylation is 2. The minimum atomic E-state index is -0.117. The minimum absolute atomic E-state index is 0.0423. The van der Waals surface area contributed by atoms with Gasteiger partial charge in [0.25, 0.3) is 5.91 Å². The first-order valence-corrected chi connectivity index (χ1v) is 8.90. The third-order valence-electron chi connectivity index (χ3n) is 3.94. The second kappa shape index (κ2) is 7.14. The number of hydrogen-bond donors (Lipinski definition) is 1. The van der Waals surface area contributed by atoms with Crippen molar-refractivity contribution in [3.63, 3.8) is 0 Å². The van der Waals surface area contributed by atoms with Crippen molar-refractivity contribution in [2.75, 3.05) is 31.5 Å². The summed E-state index contributed by atoms with van der Waals surface area (Å²) in [6, 6.07) is 1.89. The molecule has 25 heavy (non-hydrogen) atoms. The third kappa shape index (κ3) is 4.11. The maximum absolute atomic E-state index is 12.6. The lowest BCUT2D eigenvalue weighted by Crippen LogP contribution is -2.50. The Labute approximate surface area is 149 Å². The second-order valence-corrected chi connectivity index (χ2v) is 6.79. The van der Waals surface area contributed by atoms with Crippen molar-refractivity contribution < 1.29 is 9.59 Å². The van der Waals surface area contributed by atoms with Gasteiger partial charge in [-0.25, -0.2) is 15.0 Å². The summed E-state index contributed by atoms with van der Waals surface area (Å²) in [6.07, 6.45) is 0. The molecule has 1 fully saturated rings. The Kier molecular flexibility index (Phi) is 4.93. The number of hydrogen-bond acceptors (Lipinski definition) is 7. The molecule has 9 heteroatoms. The van der Waals surface area contributed by atoms with Crippen LogP contribution in [-0.2, 0) is 4.79 Å². The Hall–Kier alpha value is -2.55. The van der Waals surface area contributed by atoms with Gasteiger partial charge in [0.1, 0.15) is 5.69 Å². The molecule has 0 bridgehead atoms. The molecule has 0 saturated carbocycles. The summed E-state index contributed by atoms with van der Waals surface area (Å²) in [7, 11) is 0. The lowest BCUT2D eigenvalue weighted by molar-refractivity contribution is -0.130. The van der Waals surface area contributed by atoms with Crippen LogP contribution in [0, 0.1) is 13.8 Å². The van der Waals surface area contributed by atoms with Crippen molar-refractivity contribution in [2.45, 2.75) is 20.8 Å². The number of nitrogens with zero attached hydrogens (tertiary/aromatic N) is 5. The summed E-state index contributed by atoms with van der Waals surface area (Å²) in [5, 5.41) is 5.35.